The standard InChI is InChI=1S/C12H14ClFN2O.ClH/c1-8-7-15-5-6-16(8)12(17)9-3-2-4-10(14)11(9)13;/h2-4,8,15H,5-7H2,1H3;1H/t8-;/m0./s1. The molecule has 6 heteroatoms. The quantitative estimate of drug-likeness (QED) is 0.862. The zero-order valence-electron chi connectivity index (χ0n) is 9.95. The Morgan fingerprint density at radius 1 is 1.56 bits per heavy atom. The van der Waals surface area contributed by atoms with Crippen LogP contribution < -0.4 is 5.32 Å². The molecule has 1 aromatic rings. The summed E-state index contributed by atoms with van der Waals surface area (Å²) in [6, 6.07) is 4.40. The molecule has 1 atom stereocenters. The zero-order valence-corrected chi connectivity index (χ0v) is 11.5. The van der Waals surface area contributed by atoms with Crippen LogP contribution in [0.4, 0.5) is 4.39 Å². The number of carbonyl (C=O) groups is 1. The summed E-state index contributed by atoms with van der Waals surface area (Å²) in [5.41, 5.74) is 0.236. The van der Waals surface area contributed by atoms with Gasteiger partial charge in [0.1, 0.15) is 5.82 Å². The summed E-state index contributed by atoms with van der Waals surface area (Å²) in [7, 11) is 0. The molecule has 1 aliphatic rings. The van der Waals surface area contributed by atoms with E-state index in [1.165, 1.54) is 12.1 Å². The predicted octanol–water partition coefficient (Wildman–Crippen LogP) is 2.33. The van der Waals surface area contributed by atoms with E-state index in [1.54, 1.807) is 11.0 Å². The van der Waals surface area contributed by atoms with E-state index in [4.69, 9.17) is 11.6 Å². The highest BCUT2D eigenvalue weighted by atomic mass is 35.5. The molecular formula is C12H15Cl2FN2O. The van der Waals surface area contributed by atoms with Gasteiger partial charge in [-0.25, -0.2) is 4.39 Å². The summed E-state index contributed by atoms with van der Waals surface area (Å²) in [6.07, 6.45) is 0. The summed E-state index contributed by atoms with van der Waals surface area (Å²) < 4.78 is 13.3. The number of piperazine rings is 1. The first-order chi connectivity index (χ1) is 8.11. The fourth-order valence-corrected chi connectivity index (χ4v) is 2.17. The number of rotatable bonds is 1. The number of carbonyl (C=O) groups excluding carboxylic acids is 1. The molecule has 100 valence electrons. The van der Waals surface area contributed by atoms with E-state index in [0.29, 0.717) is 6.54 Å². The van der Waals surface area contributed by atoms with Crippen molar-refractivity contribution in [2.45, 2.75) is 13.0 Å². The number of hydrogen-bond donors (Lipinski definition) is 1. The highest BCUT2D eigenvalue weighted by Gasteiger charge is 2.26. The van der Waals surface area contributed by atoms with Crippen LogP contribution in [-0.4, -0.2) is 36.5 Å². The largest absolute Gasteiger partial charge is 0.333 e. The number of halogens is 3. The molecule has 1 aliphatic heterocycles. The first kappa shape index (κ1) is 15.2. The van der Waals surface area contributed by atoms with Gasteiger partial charge in [0.05, 0.1) is 10.6 Å². The number of amides is 1. The second kappa shape index (κ2) is 6.36. The Morgan fingerprint density at radius 2 is 2.28 bits per heavy atom. The van der Waals surface area contributed by atoms with Gasteiger partial charge >= 0.3 is 0 Å². The molecule has 0 unspecified atom stereocenters. The highest BCUT2D eigenvalue weighted by Crippen LogP contribution is 2.22. The van der Waals surface area contributed by atoms with Gasteiger partial charge in [0.15, 0.2) is 0 Å². The molecule has 0 bridgehead atoms. The molecule has 0 aliphatic carbocycles. The normalized spacial score (nSPS) is 19.3. The Bertz CT molecular complexity index is 442. The lowest BCUT2D eigenvalue weighted by Gasteiger charge is -2.34. The second-order valence-electron chi connectivity index (χ2n) is 4.15. The average Bonchev–Trinajstić information content (AvgIpc) is 2.32. The van der Waals surface area contributed by atoms with Crippen molar-refractivity contribution in [3.63, 3.8) is 0 Å². The SMILES string of the molecule is C[C@H]1CNCCN1C(=O)c1cccc(F)c1Cl.Cl. The second-order valence-corrected chi connectivity index (χ2v) is 4.53. The van der Waals surface area contributed by atoms with Gasteiger partial charge < -0.3 is 10.2 Å². The smallest absolute Gasteiger partial charge is 0.255 e. The minimum absolute atomic E-state index is 0. The summed E-state index contributed by atoms with van der Waals surface area (Å²) in [5.74, 6) is -0.760. The van der Waals surface area contributed by atoms with E-state index in [0.717, 1.165) is 13.1 Å². The molecule has 18 heavy (non-hydrogen) atoms. The molecule has 1 N–H and O–H groups in total. The maximum Gasteiger partial charge on any atom is 0.255 e. The lowest BCUT2D eigenvalue weighted by molar-refractivity contribution is 0.0655. The van der Waals surface area contributed by atoms with Gasteiger partial charge in [-0.3, -0.25) is 4.79 Å². The van der Waals surface area contributed by atoms with Crippen molar-refractivity contribution >= 4 is 29.9 Å². The first-order valence-corrected chi connectivity index (χ1v) is 5.94. The fraction of sp³-hybridized carbons (Fsp3) is 0.417. The number of benzene rings is 1. The van der Waals surface area contributed by atoms with Crippen LogP contribution >= 0.6 is 24.0 Å². The van der Waals surface area contributed by atoms with Crippen LogP contribution in [0.3, 0.4) is 0 Å². The Kier molecular flexibility index (Phi) is 5.38. The van der Waals surface area contributed by atoms with E-state index in [1.807, 2.05) is 6.92 Å². The summed E-state index contributed by atoms with van der Waals surface area (Å²) in [6.45, 7) is 4.08. The van der Waals surface area contributed by atoms with Crippen LogP contribution in [0.5, 0.6) is 0 Å². The third-order valence-corrected chi connectivity index (χ3v) is 3.33. The van der Waals surface area contributed by atoms with Gasteiger partial charge in [-0.1, -0.05) is 17.7 Å². The van der Waals surface area contributed by atoms with Crippen LogP contribution in [0.1, 0.15) is 17.3 Å². The zero-order chi connectivity index (χ0) is 12.4. The fourth-order valence-electron chi connectivity index (χ4n) is 1.97. The molecule has 1 heterocycles. The van der Waals surface area contributed by atoms with Crippen molar-refractivity contribution in [2.75, 3.05) is 19.6 Å². The Morgan fingerprint density at radius 3 is 2.94 bits per heavy atom. The third kappa shape index (κ3) is 2.94. The van der Waals surface area contributed by atoms with Gasteiger partial charge in [-0.2, -0.15) is 0 Å². The molecule has 1 fully saturated rings. The molecule has 0 radical (unpaired) electrons. The summed E-state index contributed by atoms with van der Waals surface area (Å²) in [4.78, 5) is 13.9. The predicted molar refractivity (Wildman–Crippen MR) is 72.0 cm³/mol. The van der Waals surface area contributed by atoms with Gasteiger partial charge in [0.2, 0.25) is 0 Å². The lowest BCUT2D eigenvalue weighted by atomic mass is 10.1. The van der Waals surface area contributed by atoms with Crippen molar-refractivity contribution in [1.82, 2.24) is 10.2 Å². The van der Waals surface area contributed by atoms with Crippen molar-refractivity contribution in [1.29, 1.82) is 0 Å². The maximum atomic E-state index is 13.3. The number of nitrogens with one attached hydrogen (secondary N) is 1. The Hall–Kier alpha value is -0.840. The number of hydrogen-bond acceptors (Lipinski definition) is 2. The van der Waals surface area contributed by atoms with E-state index in [2.05, 4.69) is 5.32 Å². The molecular weight excluding hydrogens is 278 g/mol. The number of nitrogens with zero attached hydrogens (tertiary/aromatic N) is 1. The lowest BCUT2D eigenvalue weighted by Crippen LogP contribution is -2.52. The van der Waals surface area contributed by atoms with Crippen molar-refractivity contribution in [3.05, 3.63) is 34.6 Å². The van der Waals surface area contributed by atoms with Crippen molar-refractivity contribution < 1.29 is 9.18 Å². The topological polar surface area (TPSA) is 32.3 Å². The van der Waals surface area contributed by atoms with E-state index < -0.39 is 5.82 Å². The minimum Gasteiger partial charge on any atom is -0.333 e. The summed E-state index contributed by atoms with van der Waals surface area (Å²) >= 11 is 5.82. The molecule has 1 amide bonds. The first-order valence-electron chi connectivity index (χ1n) is 5.57. The van der Waals surface area contributed by atoms with Crippen molar-refractivity contribution in [3.8, 4) is 0 Å². The Labute approximate surface area is 117 Å². The van der Waals surface area contributed by atoms with Gasteiger partial charge in [-0.15, -0.1) is 12.4 Å². The Balaban J connectivity index is 0.00000162. The van der Waals surface area contributed by atoms with E-state index >= 15 is 0 Å². The van der Waals surface area contributed by atoms with Gasteiger partial charge in [0.25, 0.3) is 5.91 Å². The van der Waals surface area contributed by atoms with E-state index in [-0.39, 0.29) is 34.9 Å². The molecule has 3 nitrogen and oxygen atoms in total. The monoisotopic (exact) mass is 292 g/mol. The molecule has 1 saturated heterocycles. The van der Waals surface area contributed by atoms with Crippen LogP contribution in [0.15, 0.2) is 18.2 Å². The maximum absolute atomic E-state index is 13.3. The van der Waals surface area contributed by atoms with E-state index in [9.17, 15) is 9.18 Å². The van der Waals surface area contributed by atoms with Crippen LogP contribution in [-0.2, 0) is 0 Å². The van der Waals surface area contributed by atoms with Crippen LogP contribution in [0, 0.1) is 5.82 Å². The highest BCUT2D eigenvalue weighted by molar-refractivity contribution is 6.34. The van der Waals surface area contributed by atoms with Crippen molar-refractivity contribution in [2.24, 2.45) is 0 Å². The van der Waals surface area contributed by atoms with Crippen LogP contribution in [0.2, 0.25) is 5.02 Å². The van der Waals surface area contributed by atoms with Crippen LogP contribution in [0.25, 0.3) is 0 Å². The molecule has 1 aromatic carbocycles. The summed E-state index contributed by atoms with van der Waals surface area (Å²) in [5, 5.41) is 3.10. The average molecular weight is 293 g/mol. The minimum atomic E-state index is -0.555. The van der Waals surface area contributed by atoms with Gasteiger partial charge in [0, 0.05) is 25.7 Å². The molecule has 0 spiro atoms. The third-order valence-electron chi connectivity index (χ3n) is 2.94. The van der Waals surface area contributed by atoms with Gasteiger partial charge in [-0.05, 0) is 19.1 Å². The molecule has 0 saturated carbocycles. The molecule has 0 aromatic heterocycles. The molecule has 2 rings (SSSR count).